The Morgan fingerprint density at radius 3 is 1.62 bits per heavy atom. The summed E-state index contributed by atoms with van der Waals surface area (Å²) in [6, 6.07) is 10.2. The highest BCUT2D eigenvalue weighted by molar-refractivity contribution is 9.11. The van der Waals surface area contributed by atoms with E-state index in [1.54, 1.807) is 9.80 Å². The monoisotopic (exact) mass is 1040 g/mol. The van der Waals surface area contributed by atoms with Crippen molar-refractivity contribution in [2.45, 2.75) is 72.6 Å². The van der Waals surface area contributed by atoms with E-state index in [1.165, 1.54) is 27.8 Å². The first kappa shape index (κ1) is 45.9. The minimum Gasteiger partial charge on any atom is -0.450 e. The fourth-order valence-electron chi connectivity index (χ4n) is 8.35. The third-order valence-corrected chi connectivity index (χ3v) is 13.6. The highest BCUT2D eigenvalue weighted by atomic mass is 79.9. The van der Waals surface area contributed by atoms with E-state index in [-0.39, 0.29) is 19.6 Å². The molecule has 2 aromatic carbocycles. The van der Waals surface area contributed by atoms with Gasteiger partial charge in [-0.2, -0.15) is 0 Å². The minimum atomic E-state index is -0.248. The Bertz CT molecular complexity index is 2370. The van der Waals surface area contributed by atoms with E-state index in [9.17, 15) is 9.59 Å². The molecule has 2 aliphatic carbocycles. The Morgan fingerprint density at radius 2 is 1.10 bits per heavy atom. The van der Waals surface area contributed by atoms with Crippen molar-refractivity contribution in [3.8, 4) is 0 Å². The Balaban J connectivity index is 0.000000198. The first-order chi connectivity index (χ1) is 28.4. The number of carbonyl (C=O) groups excluding carboxylic acids is 2. The number of carbonyl (C=O) groups is 2. The molecule has 2 fully saturated rings. The molecular formula is C45H49Br3Cl2N6O4. The highest BCUT2D eigenvalue weighted by Gasteiger charge is 2.31. The fourth-order valence-corrected chi connectivity index (χ4v) is 10.3. The van der Waals surface area contributed by atoms with Crippen LogP contribution < -0.4 is 11.5 Å². The third-order valence-electron chi connectivity index (χ3n) is 11.2. The largest absolute Gasteiger partial charge is 0.450 e. The van der Waals surface area contributed by atoms with Crippen LogP contribution in [-0.4, -0.2) is 71.3 Å². The molecule has 15 heteroatoms. The lowest BCUT2D eigenvalue weighted by molar-refractivity contribution is 0.103. The van der Waals surface area contributed by atoms with Crippen LogP contribution in [0.4, 0.5) is 21.0 Å². The number of aryl methyl sites for hydroxylation is 4. The molecule has 8 rings (SSSR count). The lowest BCUT2D eigenvalue weighted by Gasteiger charge is -2.30. The van der Waals surface area contributed by atoms with Crippen LogP contribution in [0, 0.1) is 0 Å². The SMILES string of the molecule is C.CCOC(=O)N1CCC(=C2c3cc(N)c(Cl)cc3CCc3cc(Br)cnc32)CC1.CCOC(=O)N1CCC(=C2c3ncc(Br)cc3CCc3cc(Cl)c(N)c(Br)c32)CC1. The number of piperidine rings is 2. The number of ether oxygens (including phenoxy) is 2. The van der Waals surface area contributed by atoms with Crippen molar-refractivity contribution >= 4 is 106 Å². The van der Waals surface area contributed by atoms with Crippen LogP contribution in [0.1, 0.15) is 91.7 Å². The van der Waals surface area contributed by atoms with E-state index in [4.69, 9.17) is 54.1 Å². The normalized spacial score (nSPS) is 15.8. The van der Waals surface area contributed by atoms with Gasteiger partial charge in [-0.05, 0) is 171 Å². The van der Waals surface area contributed by atoms with Crippen LogP contribution in [0.15, 0.2) is 67.3 Å². The van der Waals surface area contributed by atoms with Gasteiger partial charge in [0, 0.05) is 64.2 Å². The van der Waals surface area contributed by atoms with Gasteiger partial charge in [-0.1, -0.05) is 41.8 Å². The van der Waals surface area contributed by atoms with Crippen molar-refractivity contribution in [1.82, 2.24) is 19.8 Å². The van der Waals surface area contributed by atoms with Crippen molar-refractivity contribution in [3.05, 3.63) is 122 Å². The third kappa shape index (κ3) is 9.70. The van der Waals surface area contributed by atoms with Crippen LogP contribution in [0.2, 0.25) is 10.0 Å². The number of anilines is 2. The number of aromatic nitrogens is 2. The molecule has 2 amide bonds. The second-order valence-corrected chi connectivity index (χ2v) is 18.2. The maximum absolute atomic E-state index is 12.1. The lowest BCUT2D eigenvalue weighted by Crippen LogP contribution is -2.37. The van der Waals surface area contributed by atoms with Crippen molar-refractivity contribution in [3.63, 3.8) is 0 Å². The van der Waals surface area contributed by atoms with Crippen molar-refractivity contribution in [2.75, 3.05) is 50.9 Å². The van der Waals surface area contributed by atoms with Gasteiger partial charge in [0.25, 0.3) is 0 Å². The van der Waals surface area contributed by atoms with Gasteiger partial charge in [-0.15, -0.1) is 0 Å². The summed E-state index contributed by atoms with van der Waals surface area (Å²) in [5.74, 6) is 0. The molecule has 4 aliphatic rings. The maximum atomic E-state index is 12.1. The number of halogens is 5. The Kier molecular flexibility index (Phi) is 15.3. The number of likely N-dealkylation sites (tertiary alicyclic amines) is 2. The zero-order valence-electron chi connectivity index (χ0n) is 32.9. The molecule has 0 unspecified atom stereocenters. The van der Waals surface area contributed by atoms with Gasteiger partial charge in [0.1, 0.15) is 0 Å². The number of amides is 2. The summed E-state index contributed by atoms with van der Waals surface area (Å²) in [5.41, 5.74) is 27.3. The molecule has 2 saturated heterocycles. The van der Waals surface area contributed by atoms with E-state index in [0.717, 1.165) is 104 Å². The first-order valence-corrected chi connectivity index (χ1v) is 22.9. The summed E-state index contributed by atoms with van der Waals surface area (Å²) in [5, 5.41) is 1.15. The van der Waals surface area contributed by atoms with Gasteiger partial charge in [-0.3, -0.25) is 9.97 Å². The van der Waals surface area contributed by atoms with Crippen LogP contribution >= 0.6 is 71.0 Å². The molecule has 0 radical (unpaired) electrons. The number of nitrogen functional groups attached to an aromatic ring is 2. The molecule has 4 N–H and O–H groups in total. The van der Waals surface area contributed by atoms with Gasteiger partial charge in [0.05, 0.1) is 50.5 Å². The molecule has 0 saturated carbocycles. The molecule has 4 aromatic rings. The molecular weight excluding hydrogens is 999 g/mol. The number of benzene rings is 2. The van der Waals surface area contributed by atoms with Crippen LogP contribution in [0.3, 0.4) is 0 Å². The smallest absolute Gasteiger partial charge is 0.409 e. The highest BCUT2D eigenvalue weighted by Crippen LogP contribution is 2.46. The van der Waals surface area contributed by atoms with Gasteiger partial charge >= 0.3 is 12.2 Å². The quantitative estimate of drug-likeness (QED) is 0.189. The van der Waals surface area contributed by atoms with Gasteiger partial charge in [0.2, 0.25) is 0 Å². The minimum absolute atomic E-state index is 0. The second-order valence-electron chi connectivity index (χ2n) is 14.8. The first-order valence-electron chi connectivity index (χ1n) is 19.8. The predicted molar refractivity (Wildman–Crippen MR) is 253 cm³/mol. The molecule has 2 aliphatic heterocycles. The van der Waals surface area contributed by atoms with Crippen LogP contribution in [-0.2, 0) is 35.2 Å². The van der Waals surface area contributed by atoms with Gasteiger partial charge < -0.3 is 30.7 Å². The Hall–Kier alpha value is -3.62. The summed E-state index contributed by atoms with van der Waals surface area (Å²) in [6.45, 7) is 6.96. The summed E-state index contributed by atoms with van der Waals surface area (Å²) in [4.78, 5) is 37.4. The zero-order chi connectivity index (χ0) is 42.0. The van der Waals surface area contributed by atoms with Crippen molar-refractivity contribution < 1.29 is 19.1 Å². The number of rotatable bonds is 2. The molecule has 60 heavy (non-hydrogen) atoms. The van der Waals surface area contributed by atoms with E-state index < -0.39 is 0 Å². The van der Waals surface area contributed by atoms with Crippen molar-refractivity contribution in [1.29, 1.82) is 0 Å². The molecule has 0 spiro atoms. The molecule has 10 nitrogen and oxygen atoms in total. The molecule has 0 atom stereocenters. The standard InChI is InChI=1S/C22H22Br2ClN3O2.C22H23BrClN3O2.CH4/c1-2-30-22(29)28-7-5-12(6-8-28)18-17-13(10-16(25)20(26)19(17)24)3-4-14-9-15(23)11-27-21(14)18;1-2-29-22(28)27-7-5-13(6-8-27)20-17-11-19(25)18(24)10-14(17)3-4-15-9-16(23)12-26-21(15)20;/h9-11H,2-8,26H2,1H3;9-12H,2-8,25H2,1H3;1H4. The van der Waals surface area contributed by atoms with E-state index in [1.807, 2.05) is 44.4 Å². The fraction of sp³-hybridized carbons (Fsp3) is 0.378. The topological polar surface area (TPSA) is 137 Å². The number of fused-ring (bicyclic) bond motifs is 4. The molecule has 2 aromatic heterocycles. The van der Waals surface area contributed by atoms with E-state index >= 15 is 0 Å². The van der Waals surface area contributed by atoms with Gasteiger partial charge in [-0.25, -0.2) is 9.59 Å². The van der Waals surface area contributed by atoms with Crippen molar-refractivity contribution in [2.24, 2.45) is 0 Å². The van der Waals surface area contributed by atoms with Crippen LogP contribution in [0.5, 0.6) is 0 Å². The van der Waals surface area contributed by atoms with E-state index in [0.29, 0.717) is 60.8 Å². The zero-order valence-corrected chi connectivity index (χ0v) is 39.2. The molecule has 318 valence electrons. The van der Waals surface area contributed by atoms with Crippen LogP contribution in [0.25, 0.3) is 11.1 Å². The Labute approximate surface area is 387 Å². The average Bonchev–Trinajstić information content (AvgIpc) is 3.48. The van der Waals surface area contributed by atoms with E-state index in [2.05, 4.69) is 59.9 Å². The predicted octanol–water partition coefficient (Wildman–Crippen LogP) is 11.9. The average molecular weight is 1050 g/mol. The number of hydrogen-bond acceptors (Lipinski definition) is 8. The number of nitrogens with zero attached hydrogens (tertiary/aromatic N) is 4. The summed E-state index contributed by atoms with van der Waals surface area (Å²) in [7, 11) is 0. The lowest BCUT2D eigenvalue weighted by atomic mass is 9.88. The second kappa shape index (κ2) is 20.0. The summed E-state index contributed by atoms with van der Waals surface area (Å²) >= 11 is 23.6. The number of pyridine rings is 2. The summed E-state index contributed by atoms with van der Waals surface area (Å²) in [6.07, 6.45) is 9.78. The van der Waals surface area contributed by atoms with Gasteiger partial charge in [0.15, 0.2) is 0 Å². The molecule has 0 bridgehead atoms. The summed E-state index contributed by atoms with van der Waals surface area (Å²) < 4.78 is 13.1. The molecule has 4 heterocycles. The maximum Gasteiger partial charge on any atom is 0.409 e. The Morgan fingerprint density at radius 1 is 0.650 bits per heavy atom. The number of hydrogen-bond donors (Lipinski definition) is 2. The number of nitrogens with two attached hydrogens (primary N) is 2.